The lowest BCUT2D eigenvalue weighted by Gasteiger charge is -2.06. The molecule has 2 rings (SSSR count). The number of benzene rings is 1. The number of hydrogen-bond acceptors (Lipinski definition) is 4. The van der Waals surface area contributed by atoms with E-state index in [9.17, 15) is 4.79 Å². The van der Waals surface area contributed by atoms with Gasteiger partial charge in [0.25, 0.3) is 0 Å². The third kappa shape index (κ3) is 3.89. The minimum absolute atomic E-state index is 0.185. The summed E-state index contributed by atoms with van der Waals surface area (Å²) >= 11 is 1.68. The van der Waals surface area contributed by atoms with Crippen molar-refractivity contribution in [2.75, 3.05) is 11.9 Å². The van der Waals surface area contributed by atoms with E-state index in [0.29, 0.717) is 6.42 Å². The van der Waals surface area contributed by atoms with Gasteiger partial charge in [-0.2, -0.15) is 0 Å². The molecule has 100 valence electrons. The van der Waals surface area contributed by atoms with Crippen molar-refractivity contribution < 1.29 is 4.79 Å². The Morgan fingerprint density at radius 3 is 2.63 bits per heavy atom. The third-order valence-electron chi connectivity index (χ3n) is 2.90. The lowest BCUT2D eigenvalue weighted by molar-refractivity contribution is 0.0988. The topological polar surface area (TPSA) is 42.0 Å². The van der Waals surface area contributed by atoms with Crippen LogP contribution in [0.4, 0.5) is 5.69 Å². The number of nitrogens with one attached hydrogen (secondary N) is 1. The molecule has 0 bridgehead atoms. The molecule has 0 atom stereocenters. The van der Waals surface area contributed by atoms with Gasteiger partial charge in [-0.15, -0.1) is 11.3 Å². The van der Waals surface area contributed by atoms with E-state index in [4.69, 9.17) is 0 Å². The fourth-order valence-corrected chi connectivity index (χ4v) is 2.48. The average molecular weight is 274 g/mol. The molecule has 3 nitrogen and oxygen atoms in total. The van der Waals surface area contributed by atoms with Crippen LogP contribution in [0.15, 0.2) is 29.6 Å². The number of thiazole rings is 1. The molecule has 1 aromatic carbocycles. The Kier molecular flexibility index (Phi) is 4.68. The SMILES string of the molecule is CCC(=O)c1ccc(NCCc2csc(C)n2)cc1. The minimum Gasteiger partial charge on any atom is -0.385 e. The highest BCUT2D eigenvalue weighted by Gasteiger charge is 2.02. The van der Waals surface area contributed by atoms with E-state index in [0.717, 1.165) is 34.9 Å². The monoisotopic (exact) mass is 274 g/mol. The summed E-state index contributed by atoms with van der Waals surface area (Å²) in [5.74, 6) is 0.185. The molecule has 2 aromatic rings. The fraction of sp³-hybridized carbons (Fsp3) is 0.333. The number of aryl methyl sites for hydroxylation is 1. The van der Waals surface area contributed by atoms with Gasteiger partial charge >= 0.3 is 0 Å². The predicted octanol–water partition coefficient (Wildman–Crippen LogP) is 3.70. The van der Waals surface area contributed by atoms with E-state index in [-0.39, 0.29) is 5.78 Å². The van der Waals surface area contributed by atoms with Crippen LogP contribution in [0.25, 0.3) is 0 Å². The zero-order valence-corrected chi connectivity index (χ0v) is 12.1. The van der Waals surface area contributed by atoms with Crippen LogP contribution in [-0.4, -0.2) is 17.3 Å². The maximum atomic E-state index is 11.5. The van der Waals surface area contributed by atoms with E-state index in [2.05, 4.69) is 15.7 Å². The number of nitrogens with zero attached hydrogens (tertiary/aromatic N) is 1. The van der Waals surface area contributed by atoms with Crippen LogP contribution in [0, 0.1) is 6.92 Å². The van der Waals surface area contributed by atoms with Gasteiger partial charge in [0.05, 0.1) is 10.7 Å². The Hall–Kier alpha value is -1.68. The van der Waals surface area contributed by atoms with Crippen LogP contribution in [0.3, 0.4) is 0 Å². The molecule has 0 unspecified atom stereocenters. The summed E-state index contributed by atoms with van der Waals surface area (Å²) in [6, 6.07) is 7.66. The number of carbonyl (C=O) groups excluding carboxylic acids is 1. The summed E-state index contributed by atoms with van der Waals surface area (Å²) < 4.78 is 0. The summed E-state index contributed by atoms with van der Waals surface area (Å²) in [7, 11) is 0. The first-order valence-electron chi connectivity index (χ1n) is 6.47. The summed E-state index contributed by atoms with van der Waals surface area (Å²) in [6.07, 6.45) is 1.47. The maximum Gasteiger partial charge on any atom is 0.162 e. The molecule has 0 saturated heterocycles. The van der Waals surface area contributed by atoms with Crippen molar-refractivity contribution in [3.63, 3.8) is 0 Å². The second kappa shape index (κ2) is 6.48. The molecular formula is C15H18N2OS. The number of aromatic nitrogens is 1. The van der Waals surface area contributed by atoms with Gasteiger partial charge in [0, 0.05) is 36.0 Å². The van der Waals surface area contributed by atoms with E-state index in [1.807, 2.05) is 38.1 Å². The van der Waals surface area contributed by atoms with Crippen molar-refractivity contribution >= 4 is 22.8 Å². The van der Waals surface area contributed by atoms with Crippen molar-refractivity contribution in [1.29, 1.82) is 0 Å². The standard InChI is InChI=1S/C15H18N2OS/c1-3-15(18)12-4-6-13(7-5-12)16-9-8-14-10-19-11(2)17-14/h4-7,10,16H,3,8-9H2,1-2H3. The lowest BCUT2D eigenvalue weighted by Crippen LogP contribution is -2.05. The number of hydrogen-bond donors (Lipinski definition) is 1. The third-order valence-corrected chi connectivity index (χ3v) is 3.73. The Morgan fingerprint density at radius 2 is 2.05 bits per heavy atom. The van der Waals surface area contributed by atoms with Gasteiger partial charge in [0.2, 0.25) is 0 Å². The molecule has 0 aliphatic carbocycles. The molecule has 0 aliphatic heterocycles. The molecule has 0 aliphatic rings. The van der Waals surface area contributed by atoms with Gasteiger partial charge in [-0.25, -0.2) is 4.98 Å². The average Bonchev–Trinajstić information content (AvgIpc) is 2.84. The summed E-state index contributed by atoms with van der Waals surface area (Å²) in [6.45, 7) is 4.75. The second-order valence-electron chi connectivity index (χ2n) is 4.39. The Balaban J connectivity index is 1.84. The van der Waals surface area contributed by atoms with Crippen molar-refractivity contribution in [3.05, 3.63) is 45.9 Å². The van der Waals surface area contributed by atoms with Crippen molar-refractivity contribution in [2.45, 2.75) is 26.7 Å². The molecule has 0 saturated carbocycles. The first-order valence-corrected chi connectivity index (χ1v) is 7.35. The highest BCUT2D eigenvalue weighted by molar-refractivity contribution is 7.09. The molecule has 4 heteroatoms. The van der Waals surface area contributed by atoms with Gasteiger partial charge in [-0.3, -0.25) is 4.79 Å². The quantitative estimate of drug-likeness (QED) is 0.817. The van der Waals surface area contributed by atoms with Gasteiger partial charge in [0.15, 0.2) is 5.78 Å². The first-order chi connectivity index (χ1) is 9.19. The highest BCUT2D eigenvalue weighted by atomic mass is 32.1. The predicted molar refractivity (Wildman–Crippen MR) is 80.1 cm³/mol. The van der Waals surface area contributed by atoms with E-state index < -0.39 is 0 Å². The van der Waals surface area contributed by atoms with E-state index in [1.54, 1.807) is 11.3 Å². The molecule has 0 spiro atoms. The van der Waals surface area contributed by atoms with Crippen LogP contribution in [-0.2, 0) is 6.42 Å². The van der Waals surface area contributed by atoms with Crippen LogP contribution in [0.1, 0.15) is 34.4 Å². The normalized spacial score (nSPS) is 10.4. The van der Waals surface area contributed by atoms with Crippen molar-refractivity contribution in [2.24, 2.45) is 0 Å². The molecular weight excluding hydrogens is 256 g/mol. The molecule has 19 heavy (non-hydrogen) atoms. The molecule has 1 aromatic heterocycles. The zero-order valence-electron chi connectivity index (χ0n) is 11.3. The van der Waals surface area contributed by atoms with Crippen molar-refractivity contribution in [1.82, 2.24) is 4.98 Å². The Morgan fingerprint density at radius 1 is 1.32 bits per heavy atom. The van der Waals surface area contributed by atoms with Crippen LogP contribution in [0.5, 0.6) is 0 Å². The van der Waals surface area contributed by atoms with E-state index >= 15 is 0 Å². The van der Waals surface area contributed by atoms with Crippen molar-refractivity contribution in [3.8, 4) is 0 Å². The minimum atomic E-state index is 0.185. The molecule has 0 amide bonds. The number of ketones is 1. The van der Waals surface area contributed by atoms with E-state index in [1.165, 1.54) is 0 Å². The van der Waals surface area contributed by atoms with Crippen LogP contribution < -0.4 is 5.32 Å². The van der Waals surface area contributed by atoms with Gasteiger partial charge < -0.3 is 5.32 Å². The highest BCUT2D eigenvalue weighted by Crippen LogP contribution is 2.12. The van der Waals surface area contributed by atoms with Gasteiger partial charge in [-0.1, -0.05) is 6.92 Å². The fourth-order valence-electron chi connectivity index (χ4n) is 1.84. The van der Waals surface area contributed by atoms with Gasteiger partial charge in [-0.05, 0) is 31.2 Å². The first kappa shape index (κ1) is 13.7. The number of carbonyl (C=O) groups is 1. The van der Waals surface area contributed by atoms with Crippen LogP contribution >= 0.6 is 11.3 Å². The molecule has 0 fully saturated rings. The Bertz CT molecular complexity index is 546. The molecule has 1 N–H and O–H groups in total. The number of anilines is 1. The second-order valence-corrected chi connectivity index (χ2v) is 5.45. The Labute approximate surface area is 117 Å². The summed E-state index contributed by atoms with van der Waals surface area (Å²) in [4.78, 5) is 15.9. The largest absolute Gasteiger partial charge is 0.385 e. The summed E-state index contributed by atoms with van der Waals surface area (Å²) in [5.41, 5.74) is 2.95. The molecule has 0 radical (unpaired) electrons. The van der Waals surface area contributed by atoms with Crippen LogP contribution in [0.2, 0.25) is 0 Å². The number of rotatable bonds is 6. The smallest absolute Gasteiger partial charge is 0.162 e. The summed E-state index contributed by atoms with van der Waals surface area (Å²) in [5, 5.41) is 6.55. The molecule has 1 heterocycles. The maximum absolute atomic E-state index is 11.5. The lowest BCUT2D eigenvalue weighted by atomic mass is 10.1. The number of Topliss-reactive ketones (excluding diaryl/α,β-unsaturated/α-hetero) is 1. The van der Waals surface area contributed by atoms with Gasteiger partial charge in [0.1, 0.15) is 0 Å². The zero-order chi connectivity index (χ0) is 13.7.